The van der Waals surface area contributed by atoms with Gasteiger partial charge in [0.05, 0.1) is 13.2 Å². The van der Waals surface area contributed by atoms with E-state index < -0.39 is 30.6 Å². The Hall–Kier alpha value is -2.45. The average molecular weight is 336 g/mol. The molecule has 1 aliphatic heterocycles. The topological polar surface area (TPSA) is 105 Å². The zero-order chi connectivity index (χ0) is 17.5. The van der Waals surface area contributed by atoms with Crippen molar-refractivity contribution in [3.63, 3.8) is 0 Å². The van der Waals surface area contributed by atoms with Crippen LogP contribution < -0.4 is 5.32 Å². The van der Waals surface area contributed by atoms with Gasteiger partial charge in [-0.3, -0.25) is 14.4 Å². The van der Waals surface area contributed by atoms with E-state index in [2.05, 4.69) is 5.32 Å². The molecule has 2 amide bonds. The number of nitrogens with one attached hydrogen (secondary N) is 1. The largest absolute Gasteiger partial charge is 0.480 e. The van der Waals surface area contributed by atoms with Gasteiger partial charge in [-0.1, -0.05) is 30.3 Å². The summed E-state index contributed by atoms with van der Waals surface area (Å²) in [5.74, 6) is -2.08. The minimum Gasteiger partial charge on any atom is -0.480 e. The maximum atomic E-state index is 12.8. The van der Waals surface area contributed by atoms with Crippen LogP contribution in [0, 0.1) is 0 Å². The Morgan fingerprint density at radius 3 is 2.71 bits per heavy atom. The summed E-state index contributed by atoms with van der Waals surface area (Å²) in [6, 6.07) is 8.08. The van der Waals surface area contributed by atoms with Crippen LogP contribution in [-0.2, 0) is 23.9 Å². The monoisotopic (exact) mass is 336 g/mol. The molecule has 8 nitrogen and oxygen atoms in total. The number of nitrogens with zero attached hydrogens (tertiary/aromatic N) is 1. The van der Waals surface area contributed by atoms with Gasteiger partial charge >= 0.3 is 5.97 Å². The average Bonchev–Trinajstić information content (AvgIpc) is 2.61. The van der Waals surface area contributed by atoms with Gasteiger partial charge < -0.3 is 24.8 Å². The molecule has 1 saturated heterocycles. The number of rotatable bonds is 6. The van der Waals surface area contributed by atoms with Crippen LogP contribution >= 0.6 is 0 Å². The van der Waals surface area contributed by atoms with Gasteiger partial charge in [0.25, 0.3) is 5.91 Å². The van der Waals surface area contributed by atoms with Crippen molar-refractivity contribution in [3.8, 4) is 0 Å². The van der Waals surface area contributed by atoms with E-state index in [-0.39, 0.29) is 19.1 Å². The number of carbonyl (C=O) groups excluding carboxylic acids is 2. The van der Waals surface area contributed by atoms with E-state index in [0.717, 1.165) is 0 Å². The molecule has 1 aliphatic rings. The lowest BCUT2D eigenvalue weighted by atomic mass is 10.1. The molecule has 2 N–H and O–H groups in total. The normalized spacial score (nSPS) is 18.7. The molecule has 24 heavy (non-hydrogen) atoms. The lowest BCUT2D eigenvalue weighted by Gasteiger charge is -2.36. The fourth-order valence-corrected chi connectivity index (χ4v) is 2.52. The highest BCUT2D eigenvalue weighted by Crippen LogP contribution is 2.21. The summed E-state index contributed by atoms with van der Waals surface area (Å²) in [4.78, 5) is 37.0. The summed E-state index contributed by atoms with van der Waals surface area (Å²) in [5.41, 5.74) is 0.682. The van der Waals surface area contributed by atoms with Crippen LogP contribution in [0.25, 0.3) is 0 Å². The predicted octanol–water partition coefficient (Wildman–Crippen LogP) is -0.198. The molecule has 0 radical (unpaired) electrons. The Morgan fingerprint density at radius 2 is 2.08 bits per heavy atom. The Kier molecular flexibility index (Phi) is 6.28. The number of hydrogen-bond donors (Lipinski definition) is 2. The van der Waals surface area contributed by atoms with Gasteiger partial charge in [0.1, 0.15) is 12.6 Å². The maximum absolute atomic E-state index is 12.8. The van der Waals surface area contributed by atoms with Crippen molar-refractivity contribution in [1.29, 1.82) is 0 Å². The van der Waals surface area contributed by atoms with E-state index in [1.165, 1.54) is 12.0 Å². The third-order valence-electron chi connectivity index (χ3n) is 3.69. The second-order valence-corrected chi connectivity index (χ2v) is 5.26. The summed E-state index contributed by atoms with van der Waals surface area (Å²) in [6.07, 6.45) is -0.834. The number of carboxylic acids is 1. The lowest BCUT2D eigenvalue weighted by molar-refractivity contribution is -0.157. The molecule has 0 aromatic heterocycles. The summed E-state index contributed by atoms with van der Waals surface area (Å²) < 4.78 is 10.6. The number of hydrogen-bond acceptors (Lipinski definition) is 5. The molecule has 1 heterocycles. The Morgan fingerprint density at radius 1 is 1.38 bits per heavy atom. The first-order valence-electron chi connectivity index (χ1n) is 7.50. The molecule has 1 fully saturated rings. The minimum atomic E-state index is -1.16. The summed E-state index contributed by atoms with van der Waals surface area (Å²) >= 11 is 0. The smallest absolute Gasteiger partial charge is 0.322 e. The van der Waals surface area contributed by atoms with Crippen molar-refractivity contribution < 1.29 is 29.0 Å². The molecule has 0 saturated carbocycles. The number of carboxylic acid groups (broad SMARTS) is 1. The van der Waals surface area contributed by atoms with E-state index in [1.54, 1.807) is 24.3 Å². The predicted molar refractivity (Wildman–Crippen MR) is 83.2 cm³/mol. The second kappa shape index (κ2) is 8.42. The number of aliphatic carboxylic acids is 1. The van der Waals surface area contributed by atoms with Gasteiger partial charge in [-0.15, -0.1) is 0 Å². The third-order valence-corrected chi connectivity index (χ3v) is 3.69. The number of ether oxygens (including phenoxy) is 2. The first kappa shape index (κ1) is 17.9. The van der Waals surface area contributed by atoms with Gasteiger partial charge in [-0.2, -0.15) is 0 Å². The summed E-state index contributed by atoms with van der Waals surface area (Å²) in [7, 11) is 1.43. The molecule has 0 spiro atoms. The van der Waals surface area contributed by atoms with Crippen LogP contribution in [0.3, 0.4) is 0 Å². The molecule has 1 aromatic rings. The van der Waals surface area contributed by atoms with Gasteiger partial charge in [0.15, 0.2) is 6.10 Å². The Bertz CT molecular complexity index is 591. The fraction of sp³-hybridized carbons (Fsp3) is 0.438. The highest BCUT2D eigenvalue weighted by molar-refractivity contribution is 5.91. The molecule has 0 bridgehead atoms. The summed E-state index contributed by atoms with van der Waals surface area (Å²) in [6.45, 7) is 0.0442. The van der Waals surface area contributed by atoms with Crippen molar-refractivity contribution in [1.82, 2.24) is 10.2 Å². The van der Waals surface area contributed by atoms with Crippen LogP contribution in [0.5, 0.6) is 0 Å². The Labute approximate surface area is 139 Å². The third kappa shape index (κ3) is 4.30. The van der Waals surface area contributed by atoms with Crippen molar-refractivity contribution in [2.24, 2.45) is 0 Å². The van der Waals surface area contributed by atoms with Crippen molar-refractivity contribution in [2.75, 3.05) is 33.4 Å². The molecule has 1 unspecified atom stereocenters. The van der Waals surface area contributed by atoms with E-state index in [1.807, 2.05) is 6.07 Å². The molecule has 130 valence electrons. The molecule has 1 aromatic carbocycles. The summed E-state index contributed by atoms with van der Waals surface area (Å²) in [5, 5.41) is 10.9. The maximum Gasteiger partial charge on any atom is 0.322 e. The zero-order valence-electron chi connectivity index (χ0n) is 13.3. The van der Waals surface area contributed by atoms with Gasteiger partial charge in [0.2, 0.25) is 5.91 Å². The second-order valence-electron chi connectivity index (χ2n) is 5.26. The fourth-order valence-electron chi connectivity index (χ4n) is 2.52. The van der Waals surface area contributed by atoms with Crippen LogP contribution in [0.15, 0.2) is 30.3 Å². The molecular formula is C16H20N2O6. The number of morpholine rings is 1. The standard InChI is InChI=1S/C16H20N2O6/c1-23-14(11-5-3-2-4-6-11)16(22)18-7-8-24-10-12(18)15(21)17-9-13(19)20/h2-6,12,14H,7-10H2,1H3,(H,17,21)(H,19,20)/t12?,14-/m1/s1. The molecule has 0 aliphatic carbocycles. The quantitative estimate of drug-likeness (QED) is 0.745. The first-order valence-corrected chi connectivity index (χ1v) is 7.50. The van der Waals surface area contributed by atoms with Crippen LogP contribution in [-0.4, -0.2) is 67.2 Å². The van der Waals surface area contributed by atoms with Gasteiger partial charge in [-0.05, 0) is 5.56 Å². The van der Waals surface area contributed by atoms with Gasteiger partial charge in [-0.25, -0.2) is 0 Å². The van der Waals surface area contributed by atoms with Crippen molar-refractivity contribution in [2.45, 2.75) is 12.1 Å². The van der Waals surface area contributed by atoms with Crippen LogP contribution in [0.4, 0.5) is 0 Å². The number of benzene rings is 1. The zero-order valence-corrected chi connectivity index (χ0v) is 13.3. The van der Waals surface area contributed by atoms with E-state index in [4.69, 9.17) is 14.6 Å². The Balaban J connectivity index is 2.14. The highest BCUT2D eigenvalue weighted by atomic mass is 16.5. The van der Waals surface area contributed by atoms with Gasteiger partial charge in [0, 0.05) is 13.7 Å². The number of carbonyl (C=O) groups is 3. The molecule has 2 rings (SSSR count). The van der Waals surface area contributed by atoms with Crippen molar-refractivity contribution >= 4 is 17.8 Å². The molecule has 2 atom stereocenters. The van der Waals surface area contributed by atoms with Crippen LogP contribution in [0.1, 0.15) is 11.7 Å². The minimum absolute atomic E-state index is 0.0163. The number of methoxy groups -OCH3 is 1. The SMILES string of the molecule is CO[C@@H](C(=O)N1CCOCC1C(=O)NCC(=O)O)c1ccccc1. The van der Waals surface area contributed by atoms with E-state index >= 15 is 0 Å². The highest BCUT2D eigenvalue weighted by Gasteiger charge is 2.36. The van der Waals surface area contributed by atoms with Crippen molar-refractivity contribution in [3.05, 3.63) is 35.9 Å². The first-order chi connectivity index (χ1) is 11.5. The van der Waals surface area contributed by atoms with E-state index in [9.17, 15) is 14.4 Å². The molecule has 8 heteroatoms. The molecular weight excluding hydrogens is 316 g/mol. The van der Waals surface area contributed by atoms with Crippen LogP contribution in [0.2, 0.25) is 0 Å². The number of amides is 2. The van der Waals surface area contributed by atoms with E-state index in [0.29, 0.717) is 12.2 Å². The lowest BCUT2D eigenvalue weighted by Crippen LogP contribution is -2.57.